The summed E-state index contributed by atoms with van der Waals surface area (Å²) in [4.78, 5) is 12.1. The van der Waals surface area contributed by atoms with Gasteiger partial charge in [-0.2, -0.15) is 0 Å². The van der Waals surface area contributed by atoms with Gasteiger partial charge < -0.3 is 11.1 Å². The third kappa shape index (κ3) is 2.39. The Morgan fingerprint density at radius 2 is 2.29 bits per heavy atom. The van der Waals surface area contributed by atoms with Crippen LogP contribution in [0.3, 0.4) is 0 Å². The maximum atomic E-state index is 13.4. The van der Waals surface area contributed by atoms with Gasteiger partial charge in [0.1, 0.15) is 10.7 Å². The van der Waals surface area contributed by atoms with E-state index in [1.807, 2.05) is 0 Å². The number of amides is 1. The zero-order valence-corrected chi connectivity index (χ0v) is 9.71. The lowest BCUT2D eigenvalue weighted by atomic mass is 10.2. The molecule has 0 unspecified atom stereocenters. The topological polar surface area (TPSA) is 80.9 Å². The van der Waals surface area contributed by atoms with Gasteiger partial charge in [0, 0.05) is 5.69 Å². The van der Waals surface area contributed by atoms with E-state index >= 15 is 0 Å². The van der Waals surface area contributed by atoms with Gasteiger partial charge in [-0.05, 0) is 36.7 Å². The first-order chi connectivity index (χ1) is 8.08. The van der Waals surface area contributed by atoms with Crippen molar-refractivity contribution in [2.75, 3.05) is 11.1 Å². The number of anilines is 2. The molecule has 17 heavy (non-hydrogen) atoms. The number of nitrogens with zero attached hydrogens (tertiary/aromatic N) is 2. The smallest absolute Gasteiger partial charge is 0.269 e. The molecule has 0 aliphatic heterocycles. The van der Waals surface area contributed by atoms with E-state index in [-0.39, 0.29) is 5.69 Å². The van der Waals surface area contributed by atoms with Crippen molar-refractivity contribution in [3.63, 3.8) is 0 Å². The number of aryl methyl sites for hydroxylation is 1. The molecule has 0 aliphatic rings. The molecule has 2 aromatic rings. The Morgan fingerprint density at radius 1 is 1.53 bits per heavy atom. The van der Waals surface area contributed by atoms with Crippen molar-refractivity contribution in [2.24, 2.45) is 0 Å². The molecular formula is C10H9FN4OS. The number of nitrogens with one attached hydrogen (secondary N) is 1. The van der Waals surface area contributed by atoms with Gasteiger partial charge in [0.15, 0.2) is 0 Å². The van der Waals surface area contributed by atoms with Crippen LogP contribution >= 0.6 is 11.5 Å². The molecule has 3 N–H and O–H groups in total. The van der Waals surface area contributed by atoms with E-state index in [4.69, 9.17) is 5.73 Å². The Labute approximate surface area is 101 Å². The largest absolute Gasteiger partial charge is 0.399 e. The highest BCUT2D eigenvalue weighted by molar-refractivity contribution is 7.08. The number of hydrogen-bond donors (Lipinski definition) is 2. The van der Waals surface area contributed by atoms with E-state index in [2.05, 4.69) is 14.9 Å². The van der Waals surface area contributed by atoms with Crippen molar-refractivity contribution < 1.29 is 9.18 Å². The first kappa shape index (κ1) is 11.5. The molecule has 2 rings (SSSR count). The molecule has 1 amide bonds. The summed E-state index contributed by atoms with van der Waals surface area (Å²) in [6.45, 7) is 1.66. The van der Waals surface area contributed by atoms with Crippen molar-refractivity contribution in [1.82, 2.24) is 9.59 Å². The highest BCUT2D eigenvalue weighted by atomic mass is 32.1. The molecule has 0 spiro atoms. The molecule has 1 aromatic carbocycles. The van der Waals surface area contributed by atoms with Crippen LogP contribution in [-0.2, 0) is 0 Å². The van der Waals surface area contributed by atoms with Crippen LogP contribution < -0.4 is 11.1 Å². The maximum absolute atomic E-state index is 13.4. The van der Waals surface area contributed by atoms with Gasteiger partial charge in [0.2, 0.25) is 0 Å². The molecule has 88 valence electrons. The monoisotopic (exact) mass is 252 g/mol. The molecule has 7 heteroatoms. The van der Waals surface area contributed by atoms with Crippen molar-refractivity contribution in [2.45, 2.75) is 6.92 Å². The second kappa shape index (κ2) is 4.46. The van der Waals surface area contributed by atoms with Gasteiger partial charge in [-0.15, -0.1) is 5.10 Å². The quantitative estimate of drug-likeness (QED) is 0.799. The highest BCUT2D eigenvalue weighted by Crippen LogP contribution is 2.19. The molecule has 0 radical (unpaired) electrons. The minimum atomic E-state index is -0.539. The fourth-order valence-corrected chi connectivity index (χ4v) is 1.81. The SMILES string of the molecule is Cc1nnsc1C(=O)Nc1cc(N)ccc1F. The van der Waals surface area contributed by atoms with E-state index in [0.717, 1.165) is 11.5 Å². The van der Waals surface area contributed by atoms with Crippen LogP contribution in [0.5, 0.6) is 0 Å². The Balaban J connectivity index is 2.24. The van der Waals surface area contributed by atoms with Crippen molar-refractivity contribution >= 4 is 28.8 Å². The third-order valence-electron chi connectivity index (χ3n) is 2.10. The van der Waals surface area contributed by atoms with Crippen LogP contribution in [0.25, 0.3) is 0 Å². The second-order valence-corrected chi connectivity index (χ2v) is 4.14. The second-order valence-electron chi connectivity index (χ2n) is 3.38. The highest BCUT2D eigenvalue weighted by Gasteiger charge is 2.15. The van der Waals surface area contributed by atoms with E-state index in [1.54, 1.807) is 6.92 Å². The average Bonchev–Trinajstić information content (AvgIpc) is 2.70. The van der Waals surface area contributed by atoms with Gasteiger partial charge in [0.05, 0.1) is 11.4 Å². The van der Waals surface area contributed by atoms with Crippen LogP contribution in [0.15, 0.2) is 18.2 Å². The van der Waals surface area contributed by atoms with E-state index in [0.29, 0.717) is 16.3 Å². The first-order valence-electron chi connectivity index (χ1n) is 4.73. The fraction of sp³-hybridized carbons (Fsp3) is 0.100. The van der Waals surface area contributed by atoms with Gasteiger partial charge >= 0.3 is 0 Å². The molecule has 5 nitrogen and oxygen atoms in total. The number of carbonyl (C=O) groups is 1. The Kier molecular flexibility index (Phi) is 3.01. The van der Waals surface area contributed by atoms with Gasteiger partial charge in [-0.1, -0.05) is 4.49 Å². The van der Waals surface area contributed by atoms with Gasteiger partial charge in [-0.25, -0.2) is 4.39 Å². The summed E-state index contributed by atoms with van der Waals surface area (Å²) in [7, 11) is 0. The van der Waals surface area contributed by atoms with Crippen molar-refractivity contribution in [3.8, 4) is 0 Å². The van der Waals surface area contributed by atoms with E-state index < -0.39 is 11.7 Å². The number of rotatable bonds is 2. The van der Waals surface area contributed by atoms with Crippen molar-refractivity contribution in [3.05, 3.63) is 34.6 Å². The zero-order chi connectivity index (χ0) is 12.4. The molecular weight excluding hydrogens is 243 g/mol. The molecule has 0 atom stereocenters. The summed E-state index contributed by atoms with van der Waals surface area (Å²) in [6, 6.07) is 3.98. The summed E-state index contributed by atoms with van der Waals surface area (Å²) in [5.74, 6) is -0.982. The number of halogens is 1. The van der Waals surface area contributed by atoms with Crippen LogP contribution in [0.2, 0.25) is 0 Å². The number of carbonyl (C=O) groups excluding carboxylic acids is 1. The maximum Gasteiger partial charge on any atom is 0.269 e. The van der Waals surface area contributed by atoms with Crippen LogP contribution in [-0.4, -0.2) is 15.5 Å². The van der Waals surface area contributed by atoms with E-state index in [9.17, 15) is 9.18 Å². The minimum Gasteiger partial charge on any atom is -0.399 e. The number of hydrogen-bond acceptors (Lipinski definition) is 5. The number of nitrogens with two attached hydrogens (primary N) is 1. The molecule has 0 aliphatic carbocycles. The minimum absolute atomic E-state index is 0.0443. The molecule has 1 heterocycles. The fourth-order valence-electron chi connectivity index (χ4n) is 1.26. The molecule has 0 fully saturated rings. The van der Waals surface area contributed by atoms with Crippen LogP contribution in [0, 0.1) is 12.7 Å². The standard InChI is InChI=1S/C10H9FN4OS/c1-5-9(17-15-14-5)10(16)13-8-4-6(12)2-3-7(8)11/h2-4H,12H2,1H3,(H,13,16). The van der Waals surface area contributed by atoms with Gasteiger partial charge in [0.25, 0.3) is 5.91 Å². The lowest BCUT2D eigenvalue weighted by Crippen LogP contribution is -2.13. The molecule has 1 aromatic heterocycles. The summed E-state index contributed by atoms with van der Waals surface area (Å²) in [6.07, 6.45) is 0. The average molecular weight is 252 g/mol. The lowest BCUT2D eigenvalue weighted by Gasteiger charge is -2.05. The van der Waals surface area contributed by atoms with Crippen LogP contribution in [0.4, 0.5) is 15.8 Å². The number of benzene rings is 1. The Hall–Kier alpha value is -2.02. The Bertz CT molecular complexity index is 569. The molecule has 0 saturated heterocycles. The first-order valence-corrected chi connectivity index (χ1v) is 5.50. The summed E-state index contributed by atoms with van der Waals surface area (Å²) in [5.41, 5.74) is 6.44. The predicted molar refractivity (Wildman–Crippen MR) is 63.4 cm³/mol. The zero-order valence-electron chi connectivity index (χ0n) is 8.90. The third-order valence-corrected chi connectivity index (χ3v) is 2.92. The number of nitrogen functional groups attached to an aromatic ring is 1. The van der Waals surface area contributed by atoms with Crippen LogP contribution in [0.1, 0.15) is 15.4 Å². The molecule has 0 saturated carbocycles. The van der Waals surface area contributed by atoms with E-state index in [1.165, 1.54) is 18.2 Å². The summed E-state index contributed by atoms with van der Waals surface area (Å²) >= 11 is 0.960. The van der Waals surface area contributed by atoms with Gasteiger partial charge in [-0.3, -0.25) is 4.79 Å². The lowest BCUT2D eigenvalue weighted by molar-refractivity contribution is 0.102. The number of aromatic nitrogens is 2. The summed E-state index contributed by atoms with van der Waals surface area (Å²) < 4.78 is 17.0. The summed E-state index contributed by atoms with van der Waals surface area (Å²) in [5, 5.41) is 6.14. The molecule has 0 bridgehead atoms. The predicted octanol–water partition coefficient (Wildman–Crippen LogP) is 1.82. The van der Waals surface area contributed by atoms with Crippen molar-refractivity contribution in [1.29, 1.82) is 0 Å². The normalized spacial score (nSPS) is 10.2. The Morgan fingerprint density at radius 3 is 2.94 bits per heavy atom.